The van der Waals surface area contributed by atoms with Gasteiger partial charge in [-0.1, -0.05) is 41.9 Å². The second-order valence-electron chi connectivity index (χ2n) is 7.86. The fourth-order valence-corrected chi connectivity index (χ4v) is 3.90. The number of carbonyl (C=O) groups excluding carboxylic acids is 3. The zero-order valence-electron chi connectivity index (χ0n) is 19.2. The topological polar surface area (TPSA) is 208 Å². The van der Waals surface area contributed by atoms with Gasteiger partial charge in [-0.2, -0.15) is 10.1 Å². The maximum atomic E-state index is 13.4. The zero-order valence-corrected chi connectivity index (χ0v) is 20.0. The van der Waals surface area contributed by atoms with Gasteiger partial charge in [0.15, 0.2) is 5.92 Å². The third-order valence-electron chi connectivity index (χ3n) is 5.50. The lowest BCUT2D eigenvalue weighted by atomic mass is 9.92. The van der Waals surface area contributed by atoms with Crippen LogP contribution in [-0.4, -0.2) is 38.1 Å². The number of hydrazone groups is 1. The van der Waals surface area contributed by atoms with Gasteiger partial charge in [0.2, 0.25) is 5.78 Å². The van der Waals surface area contributed by atoms with Crippen LogP contribution in [0.2, 0.25) is 5.02 Å². The first-order valence-corrected chi connectivity index (χ1v) is 11.1. The zero-order chi connectivity index (χ0) is 28.4. The molecule has 4 rings (SSSR count). The van der Waals surface area contributed by atoms with Crippen molar-refractivity contribution >= 4 is 63.3 Å². The van der Waals surface area contributed by atoms with Crippen LogP contribution in [0.4, 0.5) is 28.4 Å². The molecule has 3 aromatic carbocycles. The molecule has 0 fully saturated rings. The number of benzene rings is 3. The number of nitrogens with one attached hydrogen (secondary N) is 1. The normalized spacial score (nSPS) is 14.5. The summed E-state index contributed by atoms with van der Waals surface area (Å²) in [6.45, 7) is 0. The predicted octanol–water partition coefficient (Wildman–Crippen LogP) is 3.64. The number of ketones is 1. The first kappa shape index (κ1) is 26.5. The quantitative estimate of drug-likeness (QED) is 0.187. The molecule has 1 unspecified atom stereocenters. The molecule has 196 valence electrons. The van der Waals surface area contributed by atoms with E-state index in [9.17, 15) is 44.7 Å². The van der Waals surface area contributed by atoms with Gasteiger partial charge < -0.3 is 5.32 Å². The molecule has 1 aliphatic rings. The first-order chi connectivity index (χ1) is 18.5. The summed E-state index contributed by atoms with van der Waals surface area (Å²) in [4.78, 5) is 70.7. The van der Waals surface area contributed by atoms with Crippen molar-refractivity contribution in [1.82, 2.24) is 0 Å². The van der Waals surface area contributed by atoms with Gasteiger partial charge in [-0.15, -0.1) is 0 Å². The Bertz CT molecular complexity index is 1610. The van der Waals surface area contributed by atoms with Crippen LogP contribution in [0, 0.1) is 36.3 Å². The SMILES string of the molecule is O=C(Nc1ccc([N+](=O)[O-])cc1Cl)C(=O)C1C(=O)N(c2ccc([N+](=O)[O-])cc2[N+](=O)[O-])N=C1c1ccccc1. The Hall–Kier alpha value is -5.57. The minimum absolute atomic E-state index is 0.146. The minimum atomic E-state index is -1.85. The number of hydrogen-bond acceptors (Lipinski definition) is 10. The van der Waals surface area contributed by atoms with E-state index in [4.69, 9.17) is 11.6 Å². The summed E-state index contributed by atoms with van der Waals surface area (Å²) in [5.41, 5.74) is -2.37. The monoisotopic (exact) mass is 552 g/mol. The number of hydrogen-bond donors (Lipinski definition) is 1. The van der Waals surface area contributed by atoms with Crippen molar-refractivity contribution in [1.29, 1.82) is 0 Å². The number of carbonyl (C=O) groups is 3. The van der Waals surface area contributed by atoms with E-state index < -0.39 is 55.3 Å². The maximum absolute atomic E-state index is 13.4. The Morgan fingerprint density at radius 3 is 2.08 bits per heavy atom. The minimum Gasteiger partial charge on any atom is -0.318 e. The van der Waals surface area contributed by atoms with Crippen molar-refractivity contribution in [2.45, 2.75) is 0 Å². The molecular formula is C23H13ClN6O9. The van der Waals surface area contributed by atoms with E-state index in [1.165, 1.54) is 12.1 Å². The van der Waals surface area contributed by atoms with Crippen LogP contribution in [0.3, 0.4) is 0 Å². The van der Waals surface area contributed by atoms with Crippen LogP contribution in [0.25, 0.3) is 0 Å². The van der Waals surface area contributed by atoms with E-state index >= 15 is 0 Å². The third kappa shape index (κ3) is 5.14. The van der Waals surface area contributed by atoms with Gasteiger partial charge in [0.1, 0.15) is 5.69 Å². The number of anilines is 2. The van der Waals surface area contributed by atoms with Gasteiger partial charge in [0, 0.05) is 18.2 Å². The molecule has 1 aliphatic heterocycles. The van der Waals surface area contributed by atoms with Crippen LogP contribution in [0.15, 0.2) is 71.8 Å². The molecule has 0 saturated carbocycles. The standard InChI is InChI=1S/C23H13ClN6O9/c24-15-10-13(28(34)35)6-8-16(15)25-22(32)21(31)19-20(12-4-2-1-3-5-12)26-27(23(19)33)17-9-7-14(29(36)37)11-18(17)30(38)39/h1-11,19H,(H,25,32). The molecule has 1 heterocycles. The summed E-state index contributed by atoms with van der Waals surface area (Å²) in [6, 6.07) is 13.3. The average Bonchev–Trinajstić information content (AvgIpc) is 3.25. The van der Waals surface area contributed by atoms with Crippen LogP contribution >= 0.6 is 11.6 Å². The fourth-order valence-electron chi connectivity index (χ4n) is 3.68. The summed E-state index contributed by atoms with van der Waals surface area (Å²) in [6.07, 6.45) is 0. The van der Waals surface area contributed by atoms with Gasteiger partial charge in [0.05, 0.1) is 37.3 Å². The number of nitro benzene ring substituents is 3. The predicted molar refractivity (Wildman–Crippen MR) is 135 cm³/mol. The van der Waals surface area contributed by atoms with Gasteiger partial charge in [-0.05, 0) is 17.7 Å². The molecule has 0 saturated heterocycles. The second kappa shape index (κ2) is 10.4. The number of non-ortho nitro benzene ring substituents is 2. The van der Waals surface area contributed by atoms with Crippen molar-refractivity contribution in [3.05, 3.63) is 108 Å². The highest BCUT2D eigenvalue weighted by Crippen LogP contribution is 2.36. The second-order valence-corrected chi connectivity index (χ2v) is 8.27. The summed E-state index contributed by atoms with van der Waals surface area (Å²) in [7, 11) is 0. The molecule has 16 heteroatoms. The number of nitro groups is 3. The molecule has 0 aromatic heterocycles. The first-order valence-electron chi connectivity index (χ1n) is 10.7. The highest BCUT2D eigenvalue weighted by atomic mass is 35.5. The highest BCUT2D eigenvalue weighted by molar-refractivity contribution is 6.52. The molecule has 1 atom stereocenters. The third-order valence-corrected chi connectivity index (χ3v) is 5.81. The van der Waals surface area contributed by atoms with Gasteiger partial charge in [0.25, 0.3) is 23.2 Å². The lowest BCUT2D eigenvalue weighted by Crippen LogP contribution is -2.39. The average molecular weight is 553 g/mol. The molecular weight excluding hydrogens is 540 g/mol. The van der Waals surface area contributed by atoms with E-state index in [2.05, 4.69) is 10.4 Å². The van der Waals surface area contributed by atoms with E-state index in [0.717, 1.165) is 30.3 Å². The van der Waals surface area contributed by atoms with Crippen LogP contribution in [-0.2, 0) is 14.4 Å². The molecule has 0 aliphatic carbocycles. The van der Waals surface area contributed by atoms with Crippen molar-refractivity contribution in [3.8, 4) is 0 Å². The molecule has 2 amide bonds. The molecule has 15 nitrogen and oxygen atoms in total. The van der Waals surface area contributed by atoms with E-state index in [-0.39, 0.29) is 27.7 Å². The van der Waals surface area contributed by atoms with E-state index in [1.807, 2.05) is 0 Å². The number of amides is 2. The summed E-state index contributed by atoms with van der Waals surface area (Å²) in [5, 5.41) is 40.2. The largest absolute Gasteiger partial charge is 0.318 e. The number of rotatable bonds is 8. The van der Waals surface area contributed by atoms with E-state index in [0.29, 0.717) is 11.1 Å². The molecule has 0 radical (unpaired) electrons. The Kier molecular flexibility index (Phi) is 7.08. The van der Waals surface area contributed by atoms with Gasteiger partial charge >= 0.3 is 5.69 Å². The maximum Gasteiger partial charge on any atom is 0.301 e. The van der Waals surface area contributed by atoms with Crippen molar-refractivity contribution in [3.63, 3.8) is 0 Å². The Morgan fingerprint density at radius 1 is 0.872 bits per heavy atom. The smallest absolute Gasteiger partial charge is 0.301 e. The van der Waals surface area contributed by atoms with Crippen LogP contribution in [0.1, 0.15) is 5.56 Å². The van der Waals surface area contributed by atoms with Crippen LogP contribution in [0.5, 0.6) is 0 Å². The summed E-state index contributed by atoms with van der Waals surface area (Å²) < 4.78 is 0. The molecule has 39 heavy (non-hydrogen) atoms. The number of Topliss-reactive ketones (excluding diaryl/α,β-unsaturated/α-hetero) is 1. The molecule has 0 bridgehead atoms. The summed E-state index contributed by atoms with van der Waals surface area (Å²) >= 11 is 5.98. The van der Waals surface area contributed by atoms with Gasteiger partial charge in [-0.3, -0.25) is 44.7 Å². The molecule has 3 aromatic rings. The lowest BCUT2D eigenvalue weighted by Gasteiger charge is -2.14. The van der Waals surface area contributed by atoms with E-state index in [1.54, 1.807) is 18.2 Å². The Morgan fingerprint density at radius 2 is 1.49 bits per heavy atom. The van der Waals surface area contributed by atoms with Crippen molar-refractivity contribution in [2.24, 2.45) is 11.0 Å². The molecule has 0 spiro atoms. The number of halogens is 1. The highest BCUT2D eigenvalue weighted by Gasteiger charge is 2.46. The number of nitrogens with zero attached hydrogens (tertiary/aromatic N) is 5. The lowest BCUT2D eigenvalue weighted by molar-refractivity contribution is -0.393. The Labute approximate surface area is 221 Å². The van der Waals surface area contributed by atoms with Crippen molar-refractivity contribution < 1.29 is 29.2 Å². The molecule has 1 N–H and O–H groups in total. The Balaban J connectivity index is 1.73. The fraction of sp³-hybridized carbons (Fsp3) is 0.0435. The van der Waals surface area contributed by atoms with Gasteiger partial charge in [-0.25, -0.2) is 0 Å². The van der Waals surface area contributed by atoms with Crippen molar-refractivity contribution in [2.75, 3.05) is 10.3 Å². The van der Waals surface area contributed by atoms with Crippen LogP contribution < -0.4 is 10.3 Å². The summed E-state index contributed by atoms with van der Waals surface area (Å²) in [5.74, 6) is -5.59.